The Hall–Kier alpha value is -1.43. The topological polar surface area (TPSA) is 79.3 Å². The van der Waals surface area contributed by atoms with Gasteiger partial charge in [-0.1, -0.05) is 0 Å². The van der Waals surface area contributed by atoms with Gasteiger partial charge in [-0.05, 0) is 19.1 Å². The molecule has 0 aromatic carbocycles. The SMILES string of the molecule is CC(CS(C)=O)Nc1ccc(C(=O)O)cn1. The van der Waals surface area contributed by atoms with Gasteiger partial charge in [0, 0.05) is 35.0 Å². The number of hydrogen-bond donors (Lipinski definition) is 2. The largest absolute Gasteiger partial charge is 0.478 e. The monoisotopic (exact) mass is 242 g/mol. The number of aromatic nitrogens is 1. The van der Waals surface area contributed by atoms with E-state index in [-0.39, 0.29) is 11.6 Å². The summed E-state index contributed by atoms with van der Waals surface area (Å²) in [4.78, 5) is 14.5. The zero-order valence-corrected chi connectivity index (χ0v) is 9.95. The molecule has 1 heterocycles. The second-order valence-electron chi connectivity index (χ2n) is 3.52. The Kier molecular flexibility index (Phi) is 4.42. The van der Waals surface area contributed by atoms with Crippen LogP contribution in [0.2, 0.25) is 0 Å². The molecule has 0 fully saturated rings. The van der Waals surface area contributed by atoms with Gasteiger partial charge in [0.25, 0.3) is 0 Å². The van der Waals surface area contributed by atoms with Crippen molar-refractivity contribution in [3.05, 3.63) is 23.9 Å². The summed E-state index contributed by atoms with van der Waals surface area (Å²) in [7, 11) is -0.865. The first kappa shape index (κ1) is 12.6. The van der Waals surface area contributed by atoms with E-state index in [1.165, 1.54) is 12.3 Å². The van der Waals surface area contributed by atoms with Gasteiger partial charge in [0.05, 0.1) is 5.56 Å². The van der Waals surface area contributed by atoms with Crippen LogP contribution in [-0.4, -0.2) is 38.3 Å². The molecule has 0 spiro atoms. The van der Waals surface area contributed by atoms with Gasteiger partial charge in [-0.15, -0.1) is 0 Å². The van der Waals surface area contributed by atoms with Crippen molar-refractivity contribution < 1.29 is 14.1 Å². The van der Waals surface area contributed by atoms with Crippen LogP contribution in [0, 0.1) is 0 Å². The van der Waals surface area contributed by atoms with Crippen molar-refractivity contribution in [2.75, 3.05) is 17.3 Å². The molecular formula is C10H14N2O3S. The molecule has 0 aliphatic carbocycles. The Morgan fingerprint density at radius 2 is 2.31 bits per heavy atom. The molecule has 1 aromatic heterocycles. The third kappa shape index (κ3) is 3.98. The Balaban J connectivity index is 2.61. The van der Waals surface area contributed by atoms with Crippen molar-refractivity contribution in [2.45, 2.75) is 13.0 Å². The van der Waals surface area contributed by atoms with Crippen LogP contribution in [0.4, 0.5) is 5.82 Å². The molecule has 2 atom stereocenters. The molecule has 0 amide bonds. The smallest absolute Gasteiger partial charge is 0.337 e. The fourth-order valence-corrected chi connectivity index (χ4v) is 2.04. The molecule has 2 unspecified atom stereocenters. The fourth-order valence-electron chi connectivity index (χ4n) is 1.25. The van der Waals surface area contributed by atoms with E-state index < -0.39 is 16.8 Å². The van der Waals surface area contributed by atoms with Crippen LogP contribution in [0.25, 0.3) is 0 Å². The molecule has 0 aliphatic heterocycles. The van der Waals surface area contributed by atoms with Gasteiger partial charge < -0.3 is 10.4 Å². The van der Waals surface area contributed by atoms with Crippen molar-refractivity contribution in [1.29, 1.82) is 0 Å². The number of pyridine rings is 1. The quantitative estimate of drug-likeness (QED) is 0.804. The highest BCUT2D eigenvalue weighted by atomic mass is 32.2. The third-order valence-electron chi connectivity index (χ3n) is 1.89. The van der Waals surface area contributed by atoms with Crippen molar-refractivity contribution in [3.8, 4) is 0 Å². The van der Waals surface area contributed by atoms with Crippen LogP contribution in [0.5, 0.6) is 0 Å². The molecule has 88 valence electrons. The molecule has 5 nitrogen and oxygen atoms in total. The lowest BCUT2D eigenvalue weighted by Gasteiger charge is -2.12. The molecular weight excluding hydrogens is 228 g/mol. The van der Waals surface area contributed by atoms with Crippen LogP contribution in [0.3, 0.4) is 0 Å². The van der Waals surface area contributed by atoms with Gasteiger partial charge >= 0.3 is 5.97 Å². The summed E-state index contributed by atoms with van der Waals surface area (Å²) in [5, 5.41) is 11.7. The lowest BCUT2D eigenvalue weighted by atomic mass is 10.3. The summed E-state index contributed by atoms with van der Waals surface area (Å²) in [5.41, 5.74) is 0.150. The van der Waals surface area contributed by atoms with Gasteiger partial charge in [0.15, 0.2) is 0 Å². The number of nitrogens with one attached hydrogen (secondary N) is 1. The van der Waals surface area contributed by atoms with E-state index in [2.05, 4.69) is 10.3 Å². The lowest BCUT2D eigenvalue weighted by molar-refractivity contribution is 0.0696. The van der Waals surface area contributed by atoms with Gasteiger partial charge in [0.1, 0.15) is 5.82 Å². The summed E-state index contributed by atoms with van der Waals surface area (Å²) in [6.07, 6.45) is 2.93. The van der Waals surface area contributed by atoms with E-state index in [0.717, 1.165) is 0 Å². The summed E-state index contributed by atoms with van der Waals surface area (Å²) >= 11 is 0. The first-order chi connectivity index (χ1) is 7.49. The van der Waals surface area contributed by atoms with Crippen molar-refractivity contribution in [2.24, 2.45) is 0 Å². The zero-order chi connectivity index (χ0) is 12.1. The molecule has 16 heavy (non-hydrogen) atoms. The first-order valence-corrected chi connectivity index (χ1v) is 6.47. The Labute approximate surface area is 96.4 Å². The number of carbonyl (C=O) groups is 1. The summed E-state index contributed by atoms with van der Waals surface area (Å²) in [5.74, 6) is 0.118. The number of carboxylic acids is 1. The fraction of sp³-hybridized carbons (Fsp3) is 0.400. The van der Waals surface area contributed by atoms with E-state index >= 15 is 0 Å². The molecule has 0 aliphatic rings. The maximum atomic E-state index is 11.0. The van der Waals surface area contributed by atoms with Crippen LogP contribution in [-0.2, 0) is 10.8 Å². The molecule has 6 heteroatoms. The second-order valence-corrected chi connectivity index (χ2v) is 5.00. The van der Waals surface area contributed by atoms with E-state index in [0.29, 0.717) is 11.6 Å². The maximum Gasteiger partial charge on any atom is 0.337 e. The molecule has 0 bridgehead atoms. The standard InChI is InChI=1S/C10H14N2O3S/c1-7(6-16(2)15)12-9-4-3-8(5-11-9)10(13)14/h3-5,7H,6H2,1-2H3,(H,11,12)(H,13,14). The second kappa shape index (κ2) is 5.60. The van der Waals surface area contributed by atoms with E-state index in [4.69, 9.17) is 5.11 Å². The number of anilines is 1. The number of nitrogens with zero attached hydrogens (tertiary/aromatic N) is 1. The normalized spacial score (nSPS) is 14.1. The zero-order valence-electron chi connectivity index (χ0n) is 9.14. The van der Waals surface area contributed by atoms with Crippen LogP contribution < -0.4 is 5.32 Å². The van der Waals surface area contributed by atoms with Crippen LogP contribution >= 0.6 is 0 Å². The van der Waals surface area contributed by atoms with Crippen LogP contribution in [0.15, 0.2) is 18.3 Å². The number of rotatable bonds is 5. The predicted octanol–water partition coefficient (Wildman–Crippen LogP) is 0.959. The predicted molar refractivity (Wildman–Crippen MR) is 63.2 cm³/mol. The van der Waals surface area contributed by atoms with E-state index in [9.17, 15) is 9.00 Å². The molecule has 0 saturated heterocycles. The molecule has 0 radical (unpaired) electrons. The highest BCUT2D eigenvalue weighted by Gasteiger charge is 2.06. The van der Waals surface area contributed by atoms with Gasteiger partial charge in [-0.2, -0.15) is 0 Å². The number of hydrogen-bond acceptors (Lipinski definition) is 4. The Morgan fingerprint density at radius 1 is 1.62 bits per heavy atom. The molecule has 1 aromatic rings. The molecule has 0 saturated carbocycles. The van der Waals surface area contributed by atoms with Gasteiger partial charge in [-0.3, -0.25) is 4.21 Å². The number of aromatic carboxylic acids is 1. The van der Waals surface area contributed by atoms with Crippen molar-refractivity contribution >= 4 is 22.6 Å². The average molecular weight is 242 g/mol. The number of carboxylic acid groups (broad SMARTS) is 1. The molecule has 2 N–H and O–H groups in total. The third-order valence-corrected chi connectivity index (χ3v) is 2.86. The Bertz CT molecular complexity index is 392. The van der Waals surface area contributed by atoms with Gasteiger partial charge in [0.2, 0.25) is 0 Å². The van der Waals surface area contributed by atoms with E-state index in [1.807, 2.05) is 6.92 Å². The highest BCUT2D eigenvalue weighted by Crippen LogP contribution is 2.06. The maximum absolute atomic E-state index is 11.0. The minimum absolute atomic E-state index is 0.0361. The minimum Gasteiger partial charge on any atom is -0.478 e. The Morgan fingerprint density at radius 3 is 2.75 bits per heavy atom. The minimum atomic E-state index is -0.998. The molecule has 1 rings (SSSR count). The lowest BCUT2D eigenvalue weighted by Crippen LogP contribution is -2.22. The first-order valence-electron chi connectivity index (χ1n) is 4.75. The van der Waals surface area contributed by atoms with Crippen molar-refractivity contribution in [1.82, 2.24) is 4.98 Å². The summed E-state index contributed by atoms with van der Waals surface area (Å²) in [6, 6.07) is 3.11. The summed E-state index contributed by atoms with van der Waals surface area (Å²) in [6.45, 7) is 1.90. The highest BCUT2D eigenvalue weighted by molar-refractivity contribution is 7.84. The van der Waals surface area contributed by atoms with Gasteiger partial charge in [-0.25, -0.2) is 9.78 Å². The average Bonchev–Trinajstić information content (AvgIpc) is 2.16. The van der Waals surface area contributed by atoms with Crippen LogP contribution in [0.1, 0.15) is 17.3 Å². The van der Waals surface area contributed by atoms with E-state index in [1.54, 1.807) is 12.3 Å². The summed E-state index contributed by atoms with van der Waals surface area (Å²) < 4.78 is 11.0. The van der Waals surface area contributed by atoms with Crippen molar-refractivity contribution in [3.63, 3.8) is 0 Å².